The third kappa shape index (κ3) is 3.41. The van der Waals surface area contributed by atoms with E-state index in [4.69, 9.17) is 27.9 Å². The average Bonchev–Trinajstić information content (AvgIpc) is 2.36. The molecule has 100 valence electrons. The largest absolute Gasteiger partial charge is 0.494 e. The highest BCUT2D eigenvalue weighted by molar-refractivity contribution is 9.09. The Morgan fingerprint density at radius 3 is 2.21 bits per heavy atom. The van der Waals surface area contributed by atoms with Crippen molar-refractivity contribution in [1.29, 1.82) is 0 Å². The number of rotatable bonds is 3. The van der Waals surface area contributed by atoms with Crippen LogP contribution in [0.15, 0.2) is 36.4 Å². The van der Waals surface area contributed by atoms with Crippen molar-refractivity contribution in [2.24, 2.45) is 0 Å². The molecule has 0 aromatic heterocycles. The van der Waals surface area contributed by atoms with Gasteiger partial charge in [-0.15, -0.1) is 0 Å². The molecule has 2 aromatic rings. The van der Waals surface area contributed by atoms with Gasteiger partial charge in [0.25, 0.3) is 0 Å². The Morgan fingerprint density at radius 1 is 1.05 bits per heavy atom. The molecule has 0 spiro atoms. The SMILES string of the molecule is COc1ccc(C(Br)c2cc(Cl)cc(Cl)c2)cc1F. The highest BCUT2D eigenvalue weighted by Gasteiger charge is 2.14. The maximum Gasteiger partial charge on any atom is 0.165 e. The predicted molar refractivity (Wildman–Crippen MR) is 80.2 cm³/mol. The summed E-state index contributed by atoms with van der Waals surface area (Å²) < 4.78 is 18.6. The van der Waals surface area contributed by atoms with Crippen molar-refractivity contribution in [1.82, 2.24) is 0 Å². The van der Waals surface area contributed by atoms with Crippen molar-refractivity contribution in [2.75, 3.05) is 7.11 Å². The minimum absolute atomic E-state index is 0.191. The lowest BCUT2D eigenvalue weighted by molar-refractivity contribution is 0.386. The summed E-state index contributed by atoms with van der Waals surface area (Å²) in [5, 5.41) is 1.09. The van der Waals surface area contributed by atoms with Gasteiger partial charge >= 0.3 is 0 Å². The lowest BCUT2D eigenvalue weighted by atomic mass is 10.0. The molecule has 0 fully saturated rings. The van der Waals surface area contributed by atoms with Gasteiger partial charge in [0.05, 0.1) is 11.9 Å². The van der Waals surface area contributed by atoms with Crippen LogP contribution in [0.1, 0.15) is 16.0 Å². The van der Waals surface area contributed by atoms with Crippen LogP contribution in [0, 0.1) is 5.82 Å². The number of halogens is 4. The molecule has 0 aliphatic rings. The first-order chi connectivity index (χ1) is 9.01. The molecule has 0 heterocycles. The van der Waals surface area contributed by atoms with Crippen molar-refractivity contribution >= 4 is 39.1 Å². The second kappa shape index (κ2) is 6.12. The lowest BCUT2D eigenvalue weighted by Crippen LogP contribution is -1.96. The molecule has 0 radical (unpaired) electrons. The Kier molecular flexibility index (Phi) is 4.71. The van der Waals surface area contributed by atoms with Gasteiger partial charge in [-0.2, -0.15) is 0 Å². The van der Waals surface area contributed by atoms with E-state index in [1.165, 1.54) is 13.2 Å². The van der Waals surface area contributed by atoms with Crippen molar-refractivity contribution in [3.8, 4) is 5.75 Å². The van der Waals surface area contributed by atoms with Crippen molar-refractivity contribution in [2.45, 2.75) is 4.83 Å². The predicted octanol–water partition coefficient (Wildman–Crippen LogP) is 5.63. The third-order valence-electron chi connectivity index (χ3n) is 2.65. The van der Waals surface area contributed by atoms with Gasteiger partial charge in [-0.05, 0) is 41.5 Å². The molecule has 0 saturated heterocycles. The van der Waals surface area contributed by atoms with Crippen LogP contribution in [0.5, 0.6) is 5.75 Å². The van der Waals surface area contributed by atoms with Gasteiger partial charge in [-0.1, -0.05) is 45.2 Å². The maximum absolute atomic E-state index is 13.7. The molecule has 0 aliphatic carbocycles. The molecule has 1 nitrogen and oxygen atoms in total. The number of alkyl halides is 1. The van der Waals surface area contributed by atoms with Crippen LogP contribution in [0.4, 0.5) is 4.39 Å². The summed E-state index contributed by atoms with van der Waals surface area (Å²) in [7, 11) is 1.43. The molecular weight excluding hydrogens is 354 g/mol. The topological polar surface area (TPSA) is 9.23 Å². The van der Waals surface area contributed by atoms with E-state index in [1.54, 1.807) is 30.3 Å². The van der Waals surface area contributed by atoms with Gasteiger partial charge in [0, 0.05) is 10.0 Å². The van der Waals surface area contributed by atoms with Crippen LogP contribution >= 0.6 is 39.1 Å². The molecule has 5 heteroatoms. The van der Waals surface area contributed by atoms with Crippen LogP contribution in [0.2, 0.25) is 10.0 Å². The highest BCUT2D eigenvalue weighted by atomic mass is 79.9. The molecule has 2 aromatic carbocycles. The smallest absolute Gasteiger partial charge is 0.165 e. The van der Waals surface area contributed by atoms with Crippen LogP contribution in [0.3, 0.4) is 0 Å². The van der Waals surface area contributed by atoms with Gasteiger partial charge in [0.1, 0.15) is 0 Å². The summed E-state index contributed by atoms with van der Waals surface area (Å²) in [4.78, 5) is -0.191. The Balaban J connectivity index is 2.38. The summed E-state index contributed by atoms with van der Waals surface area (Å²) in [5.74, 6) is -0.190. The molecule has 2 rings (SSSR count). The number of hydrogen-bond donors (Lipinski definition) is 0. The van der Waals surface area contributed by atoms with Gasteiger partial charge in [0.2, 0.25) is 0 Å². The number of methoxy groups -OCH3 is 1. The molecule has 1 unspecified atom stereocenters. The van der Waals surface area contributed by atoms with Gasteiger partial charge < -0.3 is 4.74 Å². The standard InChI is InChI=1S/C14H10BrCl2FO/c1-19-13-3-2-8(6-12(13)18)14(15)9-4-10(16)7-11(17)5-9/h2-7,14H,1H3. The first kappa shape index (κ1) is 14.6. The summed E-state index contributed by atoms with van der Waals surface area (Å²) >= 11 is 15.4. The fourth-order valence-corrected chi connectivity index (χ4v) is 2.85. The first-order valence-corrected chi connectivity index (χ1v) is 7.12. The zero-order valence-electron chi connectivity index (χ0n) is 9.96. The highest BCUT2D eigenvalue weighted by Crippen LogP contribution is 2.35. The molecule has 1 atom stereocenters. The number of hydrogen-bond acceptors (Lipinski definition) is 1. The summed E-state index contributed by atoms with van der Waals surface area (Å²) in [5.41, 5.74) is 1.62. The number of ether oxygens (including phenoxy) is 1. The number of benzene rings is 2. The second-order valence-electron chi connectivity index (χ2n) is 3.96. The Labute approximate surface area is 129 Å². The van der Waals surface area contributed by atoms with Crippen LogP contribution in [-0.4, -0.2) is 7.11 Å². The minimum atomic E-state index is -0.405. The van der Waals surface area contributed by atoms with Crippen LogP contribution in [0.25, 0.3) is 0 Å². The van der Waals surface area contributed by atoms with Gasteiger partial charge in [-0.25, -0.2) is 4.39 Å². The normalized spacial score (nSPS) is 12.3. The minimum Gasteiger partial charge on any atom is -0.494 e. The van der Waals surface area contributed by atoms with Crippen molar-refractivity contribution in [3.05, 3.63) is 63.4 Å². The molecule has 0 N–H and O–H groups in total. The second-order valence-corrected chi connectivity index (χ2v) is 5.75. The Hall–Kier alpha value is -0.770. The van der Waals surface area contributed by atoms with Gasteiger partial charge in [-0.3, -0.25) is 0 Å². The maximum atomic E-state index is 13.7. The molecule has 0 bridgehead atoms. The average molecular weight is 364 g/mol. The Morgan fingerprint density at radius 2 is 1.68 bits per heavy atom. The van der Waals surface area contributed by atoms with Gasteiger partial charge in [0.15, 0.2) is 11.6 Å². The molecule has 19 heavy (non-hydrogen) atoms. The van der Waals surface area contributed by atoms with E-state index in [0.29, 0.717) is 10.0 Å². The summed E-state index contributed by atoms with van der Waals surface area (Å²) in [6.45, 7) is 0. The van der Waals surface area contributed by atoms with Crippen LogP contribution in [-0.2, 0) is 0 Å². The molecule has 0 amide bonds. The van der Waals surface area contributed by atoms with E-state index in [1.807, 2.05) is 0 Å². The monoisotopic (exact) mass is 362 g/mol. The summed E-state index contributed by atoms with van der Waals surface area (Å²) in [6.07, 6.45) is 0. The van der Waals surface area contributed by atoms with Crippen LogP contribution < -0.4 is 4.74 Å². The van der Waals surface area contributed by atoms with E-state index in [2.05, 4.69) is 15.9 Å². The third-order valence-corrected chi connectivity index (χ3v) is 4.14. The van der Waals surface area contributed by atoms with Crippen molar-refractivity contribution in [3.63, 3.8) is 0 Å². The van der Waals surface area contributed by atoms with Crippen molar-refractivity contribution < 1.29 is 9.13 Å². The summed E-state index contributed by atoms with van der Waals surface area (Å²) in [6, 6.07) is 10.0. The van der Waals surface area contributed by atoms with E-state index in [9.17, 15) is 4.39 Å². The fraction of sp³-hybridized carbons (Fsp3) is 0.143. The molecular formula is C14H10BrCl2FO. The zero-order chi connectivity index (χ0) is 14.0. The lowest BCUT2D eigenvalue weighted by Gasteiger charge is -2.13. The van der Waals surface area contributed by atoms with E-state index < -0.39 is 5.82 Å². The zero-order valence-corrected chi connectivity index (χ0v) is 13.1. The first-order valence-electron chi connectivity index (χ1n) is 5.44. The van der Waals surface area contributed by atoms with E-state index >= 15 is 0 Å². The fourth-order valence-electron chi connectivity index (χ4n) is 1.75. The quantitative estimate of drug-likeness (QED) is 0.642. The van der Waals surface area contributed by atoms with E-state index in [0.717, 1.165) is 11.1 Å². The molecule has 0 saturated carbocycles. The van der Waals surface area contributed by atoms with E-state index in [-0.39, 0.29) is 10.6 Å². The molecule has 0 aliphatic heterocycles. The Bertz CT molecular complexity index is 584.